The third-order valence-electron chi connectivity index (χ3n) is 6.75. The molecule has 0 aromatic heterocycles. The van der Waals surface area contributed by atoms with Gasteiger partial charge in [-0.3, -0.25) is 14.4 Å². The zero-order valence-corrected chi connectivity index (χ0v) is 20.3. The van der Waals surface area contributed by atoms with Crippen LogP contribution in [0.5, 0.6) is 0 Å². The van der Waals surface area contributed by atoms with Gasteiger partial charge >= 0.3 is 0 Å². The maximum absolute atomic E-state index is 13.6. The molecule has 2 aromatic carbocycles. The van der Waals surface area contributed by atoms with Crippen LogP contribution in [0.25, 0.3) is 0 Å². The van der Waals surface area contributed by atoms with E-state index in [2.05, 4.69) is 22.2 Å². The summed E-state index contributed by atoms with van der Waals surface area (Å²) in [5.74, 6) is -1.17. The van der Waals surface area contributed by atoms with Crippen molar-refractivity contribution in [3.05, 3.63) is 65.0 Å². The van der Waals surface area contributed by atoms with Gasteiger partial charge in [-0.2, -0.15) is 0 Å². The number of halogens is 1. The minimum Gasteiger partial charge on any atom is -0.369 e. The van der Waals surface area contributed by atoms with Crippen LogP contribution in [0.15, 0.2) is 42.5 Å². The Morgan fingerprint density at radius 3 is 2.14 bits per heavy atom. The van der Waals surface area contributed by atoms with Crippen LogP contribution in [0.1, 0.15) is 26.3 Å². The number of hydrogen-bond acceptors (Lipinski definition) is 5. The number of carbonyl (C=O) groups excluding carboxylic acids is 3. The third-order valence-corrected chi connectivity index (χ3v) is 6.75. The van der Waals surface area contributed by atoms with E-state index in [0.29, 0.717) is 42.9 Å². The van der Waals surface area contributed by atoms with Crippen molar-refractivity contribution in [3.8, 4) is 0 Å². The van der Waals surface area contributed by atoms with Crippen LogP contribution >= 0.6 is 0 Å². The molecule has 35 heavy (non-hydrogen) atoms. The smallest absolute Gasteiger partial charge is 0.254 e. The van der Waals surface area contributed by atoms with E-state index in [-0.39, 0.29) is 24.3 Å². The number of likely N-dealkylation sites (N-methyl/N-ethyl adjacent to an activating group) is 1. The van der Waals surface area contributed by atoms with E-state index in [4.69, 9.17) is 0 Å². The van der Waals surface area contributed by atoms with Gasteiger partial charge in [-0.25, -0.2) is 4.39 Å². The molecular formula is C26H32FN5O3. The lowest BCUT2D eigenvalue weighted by molar-refractivity contribution is -0.131. The number of benzene rings is 2. The molecule has 1 N–H and O–H groups in total. The van der Waals surface area contributed by atoms with Gasteiger partial charge in [-0.1, -0.05) is 6.07 Å². The molecule has 2 aliphatic heterocycles. The van der Waals surface area contributed by atoms with Crippen molar-refractivity contribution in [1.82, 2.24) is 20.0 Å². The number of piperazine rings is 2. The summed E-state index contributed by atoms with van der Waals surface area (Å²) in [5.41, 5.74) is 2.66. The van der Waals surface area contributed by atoms with Gasteiger partial charge in [-0.05, 0) is 55.9 Å². The molecular weight excluding hydrogens is 449 g/mol. The summed E-state index contributed by atoms with van der Waals surface area (Å²) in [5, 5.41) is 2.70. The first-order chi connectivity index (χ1) is 16.8. The molecule has 0 saturated carbocycles. The lowest BCUT2D eigenvalue weighted by atomic mass is 10.1. The SMILES string of the molecule is Cc1ccc(F)cc1C(=O)N1CCN(C(=O)CNC(=O)c2ccc(N3CCN(C)CC3)cc2)CC1. The van der Waals surface area contributed by atoms with Crippen LogP contribution in [-0.2, 0) is 4.79 Å². The average Bonchev–Trinajstić information content (AvgIpc) is 2.88. The monoisotopic (exact) mass is 481 g/mol. The van der Waals surface area contributed by atoms with Gasteiger partial charge in [0.1, 0.15) is 5.82 Å². The van der Waals surface area contributed by atoms with Crippen molar-refractivity contribution < 1.29 is 18.8 Å². The highest BCUT2D eigenvalue weighted by atomic mass is 19.1. The lowest BCUT2D eigenvalue weighted by Gasteiger charge is -2.35. The number of nitrogens with one attached hydrogen (secondary N) is 1. The maximum atomic E-state index is 13.6. The molecule has 0 unspecified atom stereocenters. The average molecular weight is 482 g/mol. The van der Waals surface area contributed by atoms with Gasteiger partial charge in [0.05, 0.1) is 6.54 Å². The number of carbonyl (C=O) groups is 3. The molecule has 186 valence electrons. The Balaban J connectivity index is 1.24. The summed E-state index contributed by atoms with van der Waals surface area (Å²) in [7, 11) is 2.11. The van der Waals surface area contributed by atoms with Gasteiger partial charge in [0.15, 0.2) is 0 Å². The summed E-state index contributed by atoms with van der Waals surface area (Å²) in [6.45, 7) is 7.07. The zero-order valence-electron chi connectivity index (χ0n) is 20.3. The summed E-state index contributed by atoms with van der Waals surface area (Å²) in [4.78, 5) is 45.8. The van der Waals surface area contributed by atoms with Crippen molar-refractivity contribution in [2.24, 2.45) is 0 Å². The highest BCUT2D eigenvalue weighted by Gasteiger charge is 2.26. The standard InChI is InChI=1S/C26H32FN5O3/c1-19-3-6-21(27)17-23(19)26(35)32-15-13-31(14-16-32)24(33)18-28-25(34)20-4-7-22(8-5-20)30-11-9-29(2)10-12-30/h3-8,17H,9-16,18H2,1-2H3,(H,28,34). The molecule has 2 fully saturated rings. The second kappa shape index (κ2) is 10.9. The van der Waals surface area contributed by atoms with E-state index < -0.39 is 5.82 Å². The summed E-state index contributed by atoms with van der Waals surface area (Å²) in [6, 6.07) is 11.6. The predicted octanol–water partition coefficient (Wildman–Crippen LogP) is 1.60. The second-order valence-electron chi connectivity index (χ2n) is 9.15. The highest BCUT2D eigenvalue weighted by molar-refractivity contribution is 5.97. The molecule has 2 aromatic rings. The van der Waals surface area contributed by atoms with E-state index in [9.17, 15) is 18.8 Å². The normalized spacial score (nSPS) is 16.8. The molecule has 3 amide bonds. The zero-order chi connectivity index (χ0) is 24.9. The Kier molecular flexibility index (Phi) is 7.65. The number of rotatable bonds is 5. The number of nitrogens with zero attached hydrogens (tertiary/aromatic N) is 4. The van der Waals surface area contributed by atoms with Crippen molar-refractivity contribution >= 4 is 23.4 Å². The van der Waals surface area contributed by atoms with Crippen molar-refractivity contribution in [1.29, 1.82) is 0 Å². The van der Waals surface area contributed by atoms with Gasteiger partial charge in [0.2, 0.25) is 5.91 Å². The van der Waals surface area contributed by atoms with Gasteiger partial charge in [-0.15, -0.1) is 0 Å². The van der Waals surface area contributed by atoms with Crippen molar-refractivity contribution in [2.75, 3.05) is 70.9 Å². The molecule has 2 heterocycles. The Labute approximate surface area is 205 Å². The fourth-order valence-electron chi connectivity index (χ4n) is 4.41. The highest BCUT2D eigenvalue weighted by Crippen LogP contribution is 2.17. The lowest BCUT2D eigenvalue weighted by Crippen LogP contribution is -2.52. The number of amides is 3. The molecule has 0 aliphatic carbocycles. The number of hydrogen-bond donors (Lipinski definition) is 1. The van der Waals surface area contributed by atoms with Gasteiger partial charge < -0.3 is 24.9 Å². The van der Waals surface area contributed by atoms with Gasteiger partial charge in [0.25, 0.3) is 11.8 Å². The fraction of sp³-hybridized carbons (Fsp3) is 0.423. The van der Waals surface area contributed by atoms with Crippen molar-refractivity contribution in [3.63, 3.8) is 0 Å². The quantitative estimate of drug-likeness (QED) is 0.702. The fourth-order valence-corrected chi connectivity index (χ4v) is 4.41. The van der Waals surface area contributed by atoms with Crippen LogP contribution in [0, 0.1) is 12.7 Å². The molecule has 0 atom stereocenters. The van der Waals surface area contributed by atoms with E-state index in [1.165, 1.54) is 12.1 Å². The van der Waals surface area contributed by atoms with E-state index in [0.717, 1.165) is 31.9 Å². The molecule has 0 spiro atoms. The minimum atomic E-state index is -0.447. The molecule has 0 radical (unpaired) electrons. The Bertz CT molecular complexity index is 1070. The second-order valence-corrected chi connectivity index (χ2v) is 9.15. The van der Waals surface area contributed by atoms with E-state index in [1.54, 1.807) is 34.9 Å². The Morgan fingerprint density at radius 2 is 1.49 bits per heavy atom. The Morgan fingerprint density at radius 1 is 0.857 bits per heavy atom. The Hall–Kier alpha value is -3.46. The first-order valence-corrected chi connectivity index (χ1v) is 12.0. The van der Waals surface area contributed by atoms with E-state index >= 15 is 0 Å². The van der Waals surface area contributed by atoms with Crippen molar-refractivity contribution in [2.45, 2.75) is 6.92 Å². The molecule has 4 rings (SSSR count). The first kappa shape index (κ1) is 24.7. The molecule has 0 bridgehead atoms. The van der Waals surface area contributed by atoms with Crippen LogP contribution in [0.2, 0.25) is 0 Å². The molecule has 2 saturated heterocycles. The topological polar surface area (TPSA) is 76.2 Å². The third kappa shape index (κ3) is 5.97. The maximum Gasteiger partial charge on any atom is 0.254 e. The van der Waals surface area contributed by atoms with Crippen LogP contribution in [0.3, 0.4) is 0 Å². The molecule has 2 aliphatic rings. The largest absolute Gasteiger partial charge is 0.369 e. The van der Waals surface area contributed by atoms with Crippen LogP contribution < -0.4 is 10.2 Å². The number of anilines is 1. The van der Waals surface area contributed by atoms with Crippen LogP contribution in [0.4, 0.5) is 10.1 Å². The summed E-state index contributed by atoms with van der Waals surface area (Å²) >= 11 is 0. The minimum absolute atomic E-state index is 0.101. The molecule has 9 heteroatoms. The van der Waals surface area contributed by atoms with Crippen LogP contribution in [-0.4, -0.2) is 98.4 Å². The predicted molar refractivity (Wildman–Crippen MR) is 132 cm³/mol. The summed E-state index contributed by atoms with van der Waals surface area (Å²) < 4.78 is 13.6. The van der Waals surface area contributed by atoms with Gasteiger partial charge in [0, 0.05) is 69.2 Å². The summed E-state index contributed by atoms with van der Waals surface area (Å²) in [6.07, 6.45) is 0. The molecule has 8 nitrogen and oxygen atoms in total. The number of aryl methyl sites for hydroxylation is 1. The van der Waals surface area contributed by atoms with E-state index in [1.807, 2.05) is 12.1 Å². The first-order valence-electron chi connectivity index (χ1n) is 12.0.